The van der Waals surface area contributed by atoms with Crippen LogP contribution in [0.3, 0.4) is 0 Å². The largest absolute Gasteiger partial charge is 0.481 e. The SMILES string of the molecule is O=C(O)CCNc1cccc2cc3ccccc3nc12. The predicted octanol–water partition coefficient (Wildman–Crippen LogP) is 3.27. The van der Waals surface area contributed by atoms with E-state index in [9.17, 15) is 4.79 Å². The molecule has 0 saturated heterocycles. The molecule has 2 N–H and O–H groups in total. The molecule has 20 heavy (non-hydrogen) atoms. The molecule has 0 amide bonds. The molecule has 0 aliphatic carbocycles. The molecule has 4 nitrogen and oxygen atoms in total. The Morgan fingerprint density at radius 3 is 2.75 bits per heavy atom. The van der Waals surface area contributed by atoms with Crippen molar-refractivity contribution in [2.24, 2.45) is 0 Å². The zero-order chi connectivity index (χ0) is 13.9. The van der Waals surface area contributed by atoms with E-state index in [1.54, 1.807) is 0 Å². The van der Waals surface area contributed by atoms with E-state index in [0.717, 1.165) is 27.5 Å². The molecule has 3 aromatic rings. The number of carbonyl (C=O) groups is 1. The van der Waals surface area contributed by atoms with Gasteiger partial charge in [0, 0.05) is 17.3 Å². The van der Waals surface area contributed by atoms with Crippen molar-refractivity contribution in [2.45, 2.75) is 6.42 Å². The highest BCUT2D eigenvalue weighted by Crippen LogP contribution is 2.25. The molecule has 0 radical (unpaired) electrons. The van der Waals surface area contributed by atoms with Crippen molar-refractivity contribution in [3.05, 3.63) is 48.5 Å². The summed E-state index contributed by atoms with van der Waals surface area (Å²) in [5.41, 5.74) is 2.68. The molecular formula is C16H14N2O2. The van der Waals surface area contributed by atoms with Crippen LogP contribution in [-0.2, 0) is 4.79 Å². The highest BCUT2D eigenvalue weighted by atomic mass is 16.4. The Morgan fingerprint density at radius 1 is 1.10 bits per heavy atom. The van der Waals surface area contributed by atoms with E-state index in [2.05, 4.69) is 16.4 Å². The average Bonchev–Trinajstić information content (AvgIpc) is 2.45. The molecule has 1 aromatic heterocycles. The minimum absolute atomic E-state index is 0.0873. The van der Waals surface area contributed by atoms with Gasteiger partial charge in [0.15, 0.2) is 0 Å². The second-order valence-corrected chi connectivity index (χ2v) is 4.63. The van der Waals surface area contributed by atoms with Gasteiger partial charge in [0.1, 0.15) is 0 Å². The molecule has 2 aromatic carbocycles. The zero-order valence-electron chi connectivity index (χ0n) is 10.8. The number of carboxylic acids is 1. The lowest BCUT2D eigenvalue weighted by atomic mass is 10.1. The monoisotopic (exact) mass is 266 g/mol. The highest BCUT2D eigenvalue weighted by Gasteiger charge is 2.05. The number of para-hydroxylation sites is 2. The Hall–Kier alpha value is -2.62. The van der Waals surface area contributed by atoms with E-state index in [-0.39, 0.29) is 6.42 Å². The second kappa shape index (κ2) is 5.17. The topological polar surface area (TPSA) is 62.2 Å². The number of fused-ring (bicyclic) bond motifs is 2. The Labute approximate surface area is 116 Å². The van der Waals surface area contributed by atoms with E-state index >= 15 is 0 Å². The third kappa shape index (κ3) is 2.40. The van der Waals surface area contributed by atoms with Gasteiger partial charge in [-0.05, 0) is 18.2 Å². The fourth-order valence-corrected chi connectivity index (χ4v) is 2.25. The zero-order valence-corrected chi connectivity index (χ0v) is 10.8. The van der Waals surface area contributed by atoms with Crippen molar-refractivity contribution in [3.8, 4) is 0 Å². The van der Waals surface area contributed by atoms with Gasteiger partial charge in [0.25, 0.3) is 0 Å². The van der Waals surface area contributed by atoms with E-state index in [1.165, 1.54) is 0 Å². The molecule has 0 saturated carbocycles. The van der Waals surface area contributed by atoms with E-state index < -0.39 is 5.97 Å². The predicted molar refractivity (Wildman–Crippen MR) is 80.0 cm³/mol. The lowest BCUT2D eigenvalue weighted by Crippen LogP contribution is -2.08. The normalized spacial score (nSPS) is 10.8. The van der Waals surface area contributed by atoms with Crippen LogP contribution in [0.15, 0.2) is 48.5 Å². The van der Waals surface area contributed by atoms with E-state index in [0.29, 0.717) is 6.54 Å². The molecule has 100 valence electrons. The van der Waals surface area contributed by atoms with E-state index in [1.807, 2.05) is 42.5 Å². The number of rotatable bonds is 4. The van der Waals surface area contributed by atoms with Crippen LogP contribution in [-0.4, -0.2) is 22.6 Å². The Morgan fingerprint density at radius 2 is 1.90 bits per heavy atom. The average molecular weight is 266 g/mol. The summed E-state index contributed by atoms with van der Waals surface area (Å²) in [4.78, 5) is 15.2. The summed E-state index contributed by atoms with van der Waals surface area (Å²) in [6.07, 6.45) is 0.0873. The highest BCUT2D eigenvalue weighted by molar-refractivity contribution is 5.98. The smallest absolute Gasteiger partial charge is 0.305 e. The maximum atomic E-state index is 10.6. The lowest BCUT2D eigenvalue weighted by Gasteiger charge is -2.09. The third-order valence-electron chi connectivity index (χ3n) is 3.20. The van der Waals surface area contributed by atoms with Gasteiger partial charge in [-0.3, -0.25) is 4.79 Å². The van der Waals surface area contributed by atoms with Crippen molar-refractivity contribution in [2.75, 3.05) is 11.9 Å². The number of nitrogens with zero attached hydrogens (tertiary/aromatic N) is 1. The Kier molecular flexibility index (Phi) is 3.21. The number of carboxylic acid groups (broad SMARTS) is 1. The number of pyridine rings is 1. The molecule has 0 bridgehead atoms. The number of anilines is 1. The van der Waals surface area contributed by atoms with Gasteiger partial charge in [-0.2, -0.15) is 0 Å². The Balaban J connectivity index is 2.03. The van der Waals surface area contributed by atoms with Crippen molar-refractivity contribution >= 4 is 33.5 Å². The van der Waals surface area contributed by atoms with Crippen molar-refractivity contribution < 1.29 is 9.90 Å². The Bertz CT molecular complexity index is 784. The number of benzene rings is 2. The first-order chi connectivity index (χ1) is 9.74. The van der Waals surface area contributed by atoms with Crippen LogP contribution < -0.4 is 5.32 Å². The number of hydrogen-bond donors (Lipinski definition) is 2. The summed E-state index contributed by atoms with van der Waals surface area (Å²) >= 11 is 0. The minimum atomic E-state index is -0.809. The quantitative estimate of drug-likeness (QED) is 0.711. The van der Waals surface area contributed by atoms with Gasteiger partial charge in [0.2, 0.25) is 0 Å². The first-order valence-corrected chi connectivity index (χ1v) is 6.48. The summed E-state index contributed by atoms with van der Waals surface area (Å²) in [7, 11) is 0. The van der Waals surface area contributed by atoms with Gasteiger partial charge >= 0.3 is 5.97 Å². The van der Waals surface area contributed by atoms with Gasteiger partial charge in [-0.25, -0.2) is 4.98 Å². The van der Waals surface area contributed by atoms with Crippen LogP contribution in [0.5, 0.6) is 0 Å². The summed E-state index contributed by atoms with van der Waals surface area (Å²) in [5.74, 6) is -0.809. The molecule has 3 rings (SSSR count). The van der Waals surface area contributed by atoms with Crippen LogP contribution in [0.2, 0.25) is 0 Å². The summed E-state index contributed by atoms with van der Waals surface area (Å²) < 4.78 is 0. The number of nitrogens with one attached hydrogen (secondary N) is 1. The number of hydrogen-bond acceptors (Lipinski definition) is 3. The molecule has 0 atom stereocenters. The number of aliphatic carboxylic acids is 1. The summed E-state index contributed by atoms with van der Waals surface area (Å²) in [6.45, 7) is 0.392. The summed E-state index contributed by atoms with van der Waals surface area (Å²) in [6, 6.07) is 15.9. The standard InChI is InChI=1S/C16H14N2O2/c19-15(20)8-9-17-14-7-3-5-12-10-11-4-1-2-6-13(11)18-16(12)14/h1-7,10,17H,8-9H2,(H,19,20). The maximum absolute atomic E-state index is 10.6. The molecule has 0 aliphatic heterocycles. The second-order valence-electron chi connectivity index (χ2n) is 4.63. The molecule has 0 spiro atoms. The fraction of sp³-hybridized carbons (Fsp3) is 0.125. The van der Waals surface area contributed by atoms with Crippen LogP contribution >= 0.6 is 0 Å². The lowest BCUT2D eigenvalue weighted by molar-refractivity contribution is -0.136. The minimum Gasteiger partial charge on any atom is -0.481 e. The summed E-state index contributed by atoms with van der Waals surface area (Å²) in [5, 5.41) is 14.0. The molecule has 0 fully saturated rings. The van der Waals surface area contributed by atoms with Crippen molar-refractivity contribution in [1.29, 1.82) is 0 Å². The third-order valence-corrected chi connectivity index (χ3v) is 3.20. The molecule has 0 aliphatic rings. The molecule has 4 heteroatoms. The van der Waals surface area contributed by atoms with E-state index in [4.69, 9.17) is 5.11 Å². The first-order valence-electron chi connectivity index (χ1n) is 6.48. The van der Waals surface area contributed by atoms with Gasteiger partial charge in [0.05, 0.1) is 23.1 Å². The number of aromatic nitrogens is 1. The van der Waals surface area contributed by atoms with Crippen LogP contribution in [0.4, 0.5) is 5.69 Å². The molecular weight excluding hydrogens is 252 g/mol. The van der Waals surface area contributed by atoms with Gasteiger partial charge in [-0.15, -0.1) is 0 Å². The van der Waals surface area contributed by atoms with Crippen molar-refractivity contribution in [1.82, 2.24) is 4.98 Å². The van der Waals surface area contributed by atoms with Gasteiger partial charge in [-0.1, -0.05) is 30.3 Å². The van der Waals surface area contributed by atoms with Crippen LogP contribution in [0.1, 0.15) is 6.42 Å². The maximum Gasteiger partial charge on any atom is 0.305 e. The van der Waals surface area contributed by atoms with Crippen LogP contribution in [0.25, 0.3) is 21.8 Å². The first kappa shape index (κ1) is 12.4. The molecule has 0 unspecified atom stereocenters. The fourth-order valence-electron chi connectivity index (χ4n) is 2.25. The van der Waals surface area contributed by atoms with Crippen molar-refractivity contribution in [3.63, 3.8) is 0 Å². The van der Waals surface area contributed by atoms with Crippen LogP contribution in [0, 0.1) is 0 Å². The molecule has 1 heterocycles. The van der Waals surface area contributed by atoms with Gasteiger partial charge < -0.3 is 10.4 Å².